The van der Waals surface area contributed by atoms with Gasteiger partial charge < -0.3 is 4.74 Å². The maximum Gasteiger partial charge on any atom is 0.339 e. The Hall–Kier alpha value is -3.57. The number of rotatable bonds is 5. The van der Waals surface area contributed by atoms with Crippen molar-refractivity contribution in [2.45, 2.75) is 13.8 Å². The highest BCUT2D eigenvalue weighted by atomic mass is 35.5. The van der Waals surface area contributed by atoms with Gasteiger partial charge in [0.1, 0.15) is 5.82 Å². The van der Waals surface area contributed by atoms with Gasteiger partial charge in [0.05, 0.1) is 16.8 Å². The number of nitrogens with zero attached hydrogens (tertiary/aromatic N) is 1. The lowest BCUT2D eigenvalue weighted by Gasteiger charge is -2.12. The van der Waals surface area contributed by atoms with Gasteiger partial charge in [0.2, 0.25) is 0 Å². The van der Waals surface area contributed by atoms with Crippen molar-refractivity contribution in [3.63, 3.8) is 0 Å². The van der Waals surface area contributed by atoms with E-state index < -0.39 is 24.2 Å². The number of ether oxygens (including phenoxy) is 1. The van der Waals surface area contributed by atoms with E-state index in [1.165, 1.54) is 24.3 Å². The molecule has 0 aliphatic heterocycles. The fourth-order valence-corrected chi connectivity index (χ4v) is 3.53. The molecule has 0 amide bonds. The van der Waals surface area contributed by atoms with Crippen LogP contribution >= 0.6 is 11.6 Å². The van der Waals surface area contributed by atoms with Crippen molar-refractivity contribution < 1.29 is 18.7 Å². The number of carbonyl (C=O) groups excluding carboxylic acids is 2. The zero-order valence-electron chi connectivity index (χ0n) is 17.5. The zero-order chi connectivity index (χ0) is 22.8. The fourth-order valence-electron chi connectivity index (χ4n) is 3.37. The van der Waals surface area contributed by atoms with Crippen molar-refractivity contribution in [1.29, 1.82) is 0 Å². The third-order valence-corrected chi connectivity index (χ3v) is 5.65. The molecule has 4 rings (SSSR count). The molecule has 160 valence electrons. The average Bonchev–Trinajstić information content (AvgIpc) is 2.80. The Labute approximate surface area is 189 Å². The minimum absolute atomic E-state index is 0.266. The Bertz CT molecular complexity index is 1330. The number of aryl methyl sites for hydroxylation is 2. The molecule has 0 aliphatic carbocycles. The van der Waals surface area contributed by atoms with Crippen LogP contribution in [0.15, 0.2) is 66.7 Å². The van der Waals surface area contributed by atoms with Crippen LogP contribution in [0.25, 0.3) is 22.2 Å². The zero-order valence-corrected chi connectivity index (χ0v) is 18.2. The van der Waals surface area contributed by atoms with Crippen LogP contribution in [0.3, 0.4) is 0 Å². The van der Waals surface area contributed by atoms with E-state index in [1.54, 1.807) is 18.2 Å². The van der Waals surface area contributed by atoms with Crippen molar-refractivity contribution in [2.75, 3.05) is 6.61 Å². The molecule has 0 saturated heterocycles. The van der Waals surface area contributed by atoms with E-state index in [0.29, 0.717) is 21.6 Å². The molecule has 0 saturated carbocycles. The molecule has 3 aromatic carbocycles. The molecule has 0 atom stereocenters. The van der Waals surface area contributed by atoms with Gasteiger partial charge in [-0.15, -0.1) is 0 Å². The normalized spacial score (nSPS) is 10.9. The van der Waals surface area contributed by atoms with Crippen LogP contribution in [-0.4, -0.2) is 23.3 Å². The van der Waals surface area contributed by atoms with Crippen LogP contribution in [0.4, 0.5) is 4.39 Å². The summed E-state index contributed by atoms with van der Waals surface area (Å²) in [6, 6.07) is 17.9. The number of halogens is 2. The number of Topliss-reactive ketones (excluding diaryl/α,β-unsaturated/α-hetero) is 1. The van der Waals surface area contributed by atoms with Gasteiger partial charge in [-0.1, -0.05) is 47.5 Å². The molecular formula is C26H19ClFNO3. The summed E-state index contributed by atoms with van der Waals surface area (Å²) in [6.45, 7) is 3.37. The maximum absolute atomic E-state index is 13.1. The van der Waals surface area contributed by atoms with Gasteiger partial charge in [0.25, 0.3) is 0 Å². The Morgan fingerprint density at radius 3 is 2.34 bits per heavy atom. The van der Waals surface area contributed by atoms with Crippen molar-refractivity contribution >= 4 is 34.3 Å². The SMILES string of the molecule is Cc1ccc(-c2cc(C(=O)OCC(=O)c3ccc(F)cc3)c3ccc(Cl)c(C)c3n2)cc1. The van der Waals surface area contributed by atoms with Gasteiger partial charge in [-0.05, 0) is 55.8 Å². The highest BCUT2D eigenvalue weighted by Crippen LogP contribution is 2.30. The quantitative estimate of drug-likeness (QED) is 0.264. The van der Waals surface area contributed by atoms with E-state index in [1.807, 2.05) is 38.1 Å². The molecule has 32 heavy (non-hydrogen) atoms. The summed E-state index contributed by atoms with van der Waals surface area (Å²) in [4.78, 5) is 30.1. The van der Waals surface area contributed by atoms with Gasteiger partial charge in [-0.3, -0.25) is 4.79 Å². The summed E-state index contributed by atoms with van der Waals surface area (Å²) in [5, 5.41) is 1.12. The van der Waals surface area contributed by atoms with Crippen LogP contribution in [-0.2, 0) is 4.74 Å². The van der Waals surface area contributed by atoms with E-state index in [-0.39, 0.29) is 11.1 Å². The second-order valence-electron chi connectivity index (χ2n) is 7.50. The Kier molecular flexibility index (Phi) is 6.01. The summed E-state index contributed by atoms with van der Waals surface area (Å²) in [5.74, 6) is -1.52. The molecular weight excluding hydrogens is 429 g/mol. The summed E-state index contributed by atoms with van der Waals surface area (Å²) >= 11 is 6.29. The lowest BCUT2D eigenvalue weighted by molar-refractivity contribution is 0.0476. The molecule has 0 fully saturated rings. The van der Waals surface area contributed by atoms with Crippen LogP contribution in [0.1, 0.15) is 31.8 Å². The number of fused-ring (bicyclic) bond motifs is 1. The molecule has 0 radical (unpaired) electrons. The topological polar surface area (TPSA) is 56.3 Å². The molecule has 0 N–H and O–H groups in total. The molecule has 6 heteroatoms. The van der Waals surface area contributed by atoms with Gasteiger partial charge >= 0.3 is 5.97 Å². The number of carbonyl (C=O) groups is 2. The van der Waals surface area contributed by atoms with E-state index >= 15 is 0 Å². The van der Waals surface area contributed by atoms with Gasteiger partial charge in [-0.25, -0.2) is 14.2 Å². The molecule has 4 aromatic rings. The van der Waals surface area contributed by atoms with Crippen LogP contribution < -0.4 is 0 Å². The third-order valence-electron chi connectivity index (χ3n) is 5.24. The Morgan fingerprint density at radius 2 is 1.66 bits per heavy atom. The molecule has 0 bridgehead atoms. The van der Waals surface area contributed by atoms with Crippen molar-refractivity contribution in [3.05, 3.63) is 99.8 Å². The van der Waals surface area contributed by atoms with Crippen LogP contribution in [0, 0.1) is 19.7 Å². The number of hydrogen-bond donors (Lipinski definition) is 0. The molecule has 0 spiro atoms. The number of ketones is 1. The second-order valence-corrected chi connectivity index (χ2v) is 7.90. The van der Waals surface area contributed by atoms with Crippen molar-refractivity contribution in [3.8, 4) is 11.3 Å². The van der Waals surface area contributed by atoms with Gasteiger partial charge in [-0.2, -0.15) is 0 Å². The summed E-state index contributed by atoms with van der Waals surface area (Å²) in [5.41, 5.74) is 4.43. The van der Waals surface area contributed by atoms with E-state index in [4.69, 9.17) is 21.3 Å². The fraction of sp³-hybridized carbons (Fsp3) is 0.115. The number of pyridine rings is 1. The number of hydrogen-bond acceptors (Lipinski definition) is 4. The first-order valence-electron chi connectivity index (χ1n) is 9.96. The molecule has 0 unspecified atom stereocenters. The molecule has 1 aromatic heterocycles. The van der Waals surface area contributed by atoms with E-state index in [2.05, 4.69) is 0 Å². The molecule has 1 heterocycles. The number of esters is 1. The Morgan fingerprint density at radius 1 is 0.969 bits per heavy atom. The van der Waals surface area contributed by atoms with Gasteiger partial charge in [0.15, 0.2) is 12.4 Å². The number of aromatic nitrogens is 1. The molecule has 0 aliphatic rings. The summed E-state index contributed by atoms with van der Waals surface area (Å²) in [6.07, 6.45) is 0. The average molecular weight is 448 g/mol. The van der Waals surface area contributed by atoms with Crippen molar-refractivity contribution in [2.24, 2.45) is 0 Å². The first-order chi connectivity index (χ1) is 15.3. The van der Waals surface area contributed by atoms with E-state index in [0.717, 1.165) is 16.7 Å². The van der Waals surface area contributed by atoms with Gasteiger partial charge in [0, 0.05) is 21.5 Å². The van der Waals surface area contributed by atoms with Crippen LogP contribution in [0.5, 0.6) is 0 Å². The van der Waals surface area contributed by atoms with Crippen LogP contribution in [0.2, 0.25) is 5.02 Å². The minimum Gasteiger partial charge on any atom is -0.454 e. The lowest BCUT2D eigenvalue weighted by atomic mass is 10.0. The standard InChI is InChI=1S/C26H19ClFNO3/c1-15-3-5-17(6-4-15)23-13-21(20-11-12-22(27)16(2)25(20)29-23)26(31)32-14-24(30)18-7-9-19(28)10-8-18/h3-13H,14H2,1-2H3. The number of benzene rings is 3. The van der Waals surface area contributed by atoms with E-state index in [9.17, 15) is 14.0 Å². The minimum atomic E-state index is -0.650. The van der Waals surface area contributed by atoms with Crippen molar-refractivity contribution in [1.82, 2.24) is 4.98 Å². The maximum atomic E-state index is 13.1. The predicted octanol–water partition coefficient (Wildman–Crippen LogP) is 6.35. The molecule has 4 nitrogen and oxygen atoms in total. The summed E-state index contributed by atoms with van der Waals surface area (Å²) in [7, 11) is 0. The first kappa shape index (κ1) is 21.7. The highest BCUT2D eigenvalue weighted by Gasteiger charge is 2.19. The Balaban J connectivity index is 1.70. The third kappa shape index (κ3) is 4.39. The monoisotopic (exact) mass is 447 g/mol. The smallest absolute Gasteiger partial charge is 0.339 e. The second kappa shape index (κ2) is 8.89. The highest BCUT2D eigenvalue weighted by molar-refractivity contribution is 6.32. The largest absolute Gasteiger partial charge is 0.454 e. The summed E-state index contributed by atoms with van der Waals surface area (Å²) < 4.78 is 18.4. The predicted molar refractivity (Wildman–Crippen MR) is 123 cm³/mol. The first-order valence-corrected chi connectivity index (χ1v) is 10.3. The lowest BCUT2D eigenvalue weighted by Crippen LogP contribution is -2.15.